The Kier molecular flexibility index (Phi) is 5.22. The Labute approximate surface area is 216 Å². The Morgan fingerprint density at radius 1 is 1.14 bits per heavy atom. The number of hydrogen-bond acceptors (Lipinski definition) is 7. The molecule has 0 unspecified atom stereocenters. The van der Waals surface area contributed by atoms with Gasteiger partial charge in [0.1, 0.15) is 10.4 Å². The summed E-state index contributed by atoms with van der Waals surface area (Å²) in [4.78, 5) is 33.4. The van der Waals surface area contributed by atoms with E-state index in [1.165, 1.54) is 24.2 Å². The maximum Gasteiger partial charge on any atom is 0.226 e. The number of carbonyl (C=O) groups is 1. The number of anilines is 2. The predicted octanol–water partition coefficient (Wildman–Crippen LogP) is 4.87. The Hall–Kier alpha value is -2.36. The van der Waals surface area contributed by atoms with E-state index in [1.807, 2.05) is 0 Å². The number of aromatic amines is 1. The Morgan fingerprint density at radius 2 is 1.94 bits per heavy atom. The van der Waals surface area contributed by atoms with Gasteiger partial charge < -0.3 is 20.5 Å². The summed E-state index contributed by atoms with van der Waals surface area (Å²) < 4.78 is 0. The fourth-order valence-electron chi connectivity index (χ4n) is 5.72. The van der Waals surface area contributed by atoms with Gasteiger partial charge in [-0.05, 0) is 43.9 Å². The SMILES string of the molecule is O=C(NC1CC1)[C@@H]1[C@H](Nc2c(Cl)cnc3[nH]c(-c4sc(N5CCCC5)nc4Cl)nc23)[C@H]2C=C[C@@H]1C2. The largest absolute Gasteiger partial charge is 0.378 e. The van der Waals surface area contributed by atoms with Gasteiger partial charge in [0.2, 0.25) is 5.91 Å². The molecule has 2 bridgehead atoms. The normalized spacial score (nSPS) is 27.3. The number of H-pyrrole nitrogens is 1. The van der Waals surface area contributed by atoms with Crippen molar-refractivity contribution in [3.63, 3.8) is 0 Å². The van der Waals surface area contributed by atoms with E-state index in [1.54, 1.807) is 6.20 Å². The molecule has 2 saturated carbocycles. The van der Waals surface area contributed by atoms with Crippen LogP contribution in [0.1, 0.15) is 32.1 Å². The summed E-state index contributed by atoms with van der Waals surface area (Å²) in [5.74, 6) is 1.18. The number of allylic oxidation sites excluding steroid dienone is 1. The van der Waals surface area contributed by atoms with Crippen molar-refractivity contribution in [3.8, 4) is 10.7 Å². The van der Waals surface area contributed by atoms with Crippen molar-refractivity contribution in [1.29, 1.82) is 0 Å². The van der Waals surface area contributed by atoms with Gasteiger partial charge in [0, 0.05) is 25.2 Å². The second-order valence-corrected chi connectivity index (χ2v) is 11.7. The topological polar surface area (TPSA) is 98.8 Å². The lowest BCUT2D eigenvalue weighted by Gasteiger charge is -2.29. The predicted molar refractivity (Wildman–Crippen MR) is 139 cm³/mol. The number of halogens is 2. The molecule has 8 nitrogen and oxygen atoms in total. The highest BCUT2D eigenvalue weighted by Crippen LogP contribution is 2.47. The van der Waals surface area contributed by atoms with Crippen LogP contribution in [0, 0.1) is 17.8 Å². The van der Waals surface area contributed by atoms with Crippen molar-refractivity contribution in [2.45, 2.75) is 44.2 Å². The molecule has 7 rings (SSSR count). The minimum absolute atomic E-state index is 0.0410. The van der Waals surface area contributed by atoms with Crippen LogP contribution in [0.25, 0.3) is 21.9 Å². The molecule has 3 aromatic rings. The van der Waals surface area contributed by atoms with Crippen LogP contribution in [-0.2, 0) is 4.79 Å². The Balaban J connectivity index is 1.22. The van der Waals surface area contributed by atoms with Crippen molar-refractivity contribution in [1.82, 2.24) is 25.3 Å². The van der Waals surface area contributed by atoms with Crippen LogP contribution in [0.3, 0.4) is 0 Å². The van der Waals surface area contributed by atoms with E-state index in [4.69, 9.17) is 28.2 Å². The summed E-state index contributed by atoms with van der Waals surface area (Å²) in [5, 5.41) is 8.66. The van der Waals surface area contributed by atoms with Gasteiger partial charge >= 0.3 is 0 Å². The fraction of sp³-hybridized carbons (Fsp3) is 0.500. The number of aromatic nitrogens is 4. The van der Waals surface area contributed by atoms with Gasteiger partial charge in [0.25, 0.3) is 0 Å². The highest BCUT2D eigenvalue weighted by atomic mass is 35.5. The number of pyridine rings is 1. The van der Waals surface area contributed by atoms with Crippen LogP contribution in [0.4, 0.5) is 10.8 Å². The van der Waals surface area contributed by atoms with Gasteiger partial charge in [-0.3, -0.25) is 4.79 Å². The monoisotopic (exact) mass is 529 g/mol. The number of rotatable bonds is 6. The highest BCUT2D eigenvalue weighted by Gasteiger charge is 2.49. The molecule has 3 aliphatic carbocycles. The quantitative estimate of drug-likeness (QED) is 0.394. The summed E-state index contributed by atoms with van der Waals surface area (Å²) in [6.45, 7) is 2.00. The molecule has 182 valence electrons. The fourth-order valence-corrected chi connectivity index (χ4v) is 7.21. The summed E-state index contributed by atoms with van der Waals surface area (Å²) in [6.07, 6.45) is 11.5. The van der Waals surface area contributed by atoms with Gasteiger partial charge in [0.05, 0.1) is 22.8 Å². The molecule has 3 fully saturated rings. The lowest BCUT2D eigenvalue weighted by molar-refractivity contribution is -0.126. The van der Waals surface area contributed by atoms with Gasteiger partial charge in [-0.1, -0.05) is 46.7 Å². The molecule has 1 amide bonds. The summed E-state index contributed by atoms with van der Waals surface area (Å²) in [6, 6.07) is 0.298. The number of amides is 1. The van der Waals surface area contributed by atoms with E-state index in [-0.39, 0.29) is 29.7 Å². The molecule has 4 atom stereocenters. The first kappa shape index (κ1) is 21.9. The third kappa shape index (κ3) is 3.79. The van der Waals surface area contributed by atoms with Crippen LogP contribution < -0.4 is 15.5 Å². The first-order chi connectivity index (χ1) is 17.0. The maximum atomic E-state index is 13.1. The number of fused-ring (bicyclic) bond motifs is 3. The van der Waals surface area contributed by atoms with Crippen molar-refractivity contribution in [2.75, 3.05) is 23.3 Å². The zero-order chi connectivity index (χ0) is 23.7. The third-order valence-electron chi connectivity index (χ3n) is 7.63. The van der Waals surface area contributed by atoms with Crippen LogP contribution in [0.2, 0.25) is 10.2 Å². The van der Waals surface area contributed by atoms with Gasteiger partial charge in [0.15, 0.2) is 21.8 Å². The first-order valence-electron chi connectivity index (χ1n) is 12.3. The van der Waals surface area contributed by atoms with E-state index >= 15 is 0 Å². The Morgan fingerprint density at radius 3 is 2.74 bits per heavy atom. The molecule has 0 spiro atoms. The highest BCUT2D eigenvalue weighted by molar-refractivity contribution is 7.19. The lowest BCUT2D eigenvalue weighted by Crippen LogP contribution is -2.44. The number of nitrogens with one attached hydrogen (secondary N) is 3. The standard InChI is InChI=1S/C24H25Cl2N7OS/c25-14-10-27-21-18(30-22(32-21)19-20(26)31-24(35-19)33-7-1-2-8-33)17(14)29-16-12-4-3-11(9-12)15(16)23(34)28-13-5-6-13/h3-4,10-13,15-16H,1-2,5-9H2,(H,28,34)(H2,27,29,30,32)/t11-,12+,15+,16-/m1/s1. The van der Waals surface area contributed by atoms with Crippen LogP contribution in [0.5, 0.6) is 0 Å². The molecule has 3 N–H and O–H groups in total. The van der Waals surface area contributed by atoms with Crippen LogP contribution in [-0.4, -0.2) is 51.0 Å². The lowest BCUT2D eigenvalue weighted by atomic mass is 9.87. The number of imidazole rings is 1. The summed E-state index contributed by atoms with van der Waals surface area (Å²) in [5.41, 5.74) is 1.97. The van der Waals surface area contributed by atoms with Gasteiger partial charge in [-0.2, -0.15) is 0 Å². The molecule has 1 saturated heterocycles. The van der Waals surface area contributed by atoms with E-state index < -0.39 is 0 Å². The third-order valence-corrected chi connectivity index (χ3v) is 9.43. The van der Waals surface area contributed by atoms with Crippen LogP contribution in [0.15, 0.2) is 18.3 Å². The first-order valence-corrected chi connectivity index (χ1v) is 13.8. The minimum atomic E-state index is -0.123. The average Bonchev–Trinajstić information content (AvgIpc) is 3.39. The van der Waals surface area contributed by atoms with Crippen molar-refractivity contribution >= 4 is 62.4 Å². The molecule has 35 heavy (non-hydrogen) atoms. The molecule has 3 aromatic heterocycles. The average molecular weight is 530 g/mol. The van der Waals surface area contributed by atoms with E-state index in [0.29, 0.717) is 38.9 Å². The number of thiazole rings is 1. The van der Waals surface area contributed by atoms with Crippen molar-refractivity contribution in [3.05, 3.63) is 28.5 Å². The minimum Gasteiger partial charge on any atom is -0.378 e. The van der Waals surface area contributed by atoms with E-state index in [0.717, 1.165) is 42.4 Å². The smallest absolute Gasteiger partial charge is 0.226 e. The number of nitrogens with zero attached hydrogens (tertiary/aromatic N) is 4. The Bertz CT molecular complexity index is 1340. The second kappa shape index (κ2) is 8.35. The number of hydrogen-bond donors (Lipinski definition) is 3. The molecule has 0 radical (unpaired) electrons. The molecular formula is C24H25Cl2N7OS. The summed E-state index contributed by atoms with van der Waals surface area (Å²) >= 11 is 14.7. The molecule has 1 aliphatic heterocycles. The van der Waals surface area contributed by atoms with E-state index in [2.05, 4.69) is 42.6 Å². The maximum absolute atomic E-state index is 13.1. The van der Waals surface area contributed by atoms with Crippen molar-refractivity contribution in [2.24, 2.45) is 17.8 Å². The van der Waals surface area contributed by atoms with Crippen molar-refractivity contribution < 1.29 is 4.79 Å². The molecule has 11 heteroatoms. The second-order valence-electron chi connectivity index (χ2n) is 10.0. The molecule has 0 aromatic carbocycles. The van der Waals surface area contributed by atoms with E-state index in [9.17, 15) is 4.79 Å². The molecular weight excluding hydrogens is 505 g/mol. The zero-order valence-electron chi connectivity index (χ0n) is 18.9. The number of carbonyl (C=O) groups excluding carboxylic acids is 1. The summed E-state index contributed by atoms with van der Waals surface area (Å²) in [7, 11) is 0. The van der Waals surface area contributed by atoms with Gasteiger partial charge in [-0.15, -0.1) is 0 Å². The van der Waals surface area contributed by atoms with Crippen LogP contribution >= 0.6 is 34.5 Å². The zero-order valence-corrected chi connectivity index (χ0v) is 21.3. The molecule has 4 aliphatic rings. The van der Waals surface area contributed by atoms with Gasteiger partial charge in [-0.25, -0.2) is 15.0 Å². The molecule has 4 heterocycles.